The summed E-state index contributed by atoms with van der Waals surface area (Å²) in [5, 5.41) is 4.41. The summed E-state index contributed by atoms with van der Waals surface area (Å²) in [6, 6.07) is 27.3. The van der Waals surface area contributed by atoms with E-state index in [9.17, 15) is 13.2 Å². The first-order valence-corrected chi connectivity index (χ1v) is 11.6. The Morgan fingerprint density at radius 3 is 2.59 bits per heavy atom. The van der Waals surface area contributed by atoms with Gasteiger partial charge in [0.2, 0.25) is 0 Å². The number of halogens is 3. The minimum Gasteiger partial charge on any atom is -0.668 e. The van der Waals surface area contributed by atoms with Crippen molar-refractivity contribution in [2.45, 2.75) is 25.7 Å². The zero-order valence-corrected chi connectivity index (χ0v) is 22.4. The zero-order valence-electron chi connectivity index (χ0n) is 20.0. The molecular formula is C30H23F3IrN3. The van der Waals surface area contributed by atoms with Gasteiger partial charge in [-0.25, -0.2) is 0 Å². The van der Waals surface area contributed by atoms with Crippen molar-refractivity contribution in [2.75, 3.05) is 6.54 Å². The van der Waals surface area contributed by atoms with Crippen LogP contribution in [0.25, 0.3) is 27.7 Å². The number of nitrogens with zero attached hydrogens (tertiary/aromatic N) is 3. The van der Waals surface area contributed by atoms with Crippen molar-refractivity contribution in [2.24, 2.45) is 0 Å². The summed E-state index contributed by atoms with van der Waals surface area (Å²) in [5.41, 5.74) is 5.38. The summed E-state index contributed by atoms with van der Waals surface area (Å²) in [7, 11) is 0. The molecule has 0 saturated carbocycles. The van der Waals surface area contributed by atoms with Gasteiger partial charge in [-0.1, -0.05) is 36.8 Å². The number of pyridine rings is 1. The van der Waals surface area contributed by atoms with E-state index < -0.39 is 11.7 Å². The Bertz CT molecular complexity index is 1390. The first kappa shape index (κ1) is 26.6. The average molecular weight is 675 g/mol. The fourth-order valence-corrected chi connectivity index (χ4v) is 4.51. The summed E-state index contributed by atoms with van der Waals surface area (Å²) in [4.78, 5) is 6.57. The average Bonchev–Trinajstić information content (AvgIpc) is 3.39. The second kappa shape index (κ2) is 11.3. The summed E-state index contributed by atoms with van der Waals surface area (Å²) < 4.78 is 38.8. The van der Waals surface area contributed by atoms with Gasteiger partial charge in [0.25, 0.3) is 0 Å². The number of aromatic nitrogens is 1. The minimum atomic E-state index is -4.42. The van der Waals surface area contributed by atoms with Crippen LogP contribution in [-0.4, -0.2) is 16.4 Å². The number of alkyl halides is 3. The molecule has 188 valence electrons. The van der Waals surface area contributed by atoms with Gasteiger partial charge in [-0.15, -0.1) is 29.8 Å². The summed E-state index contributed by atoms with van der Waals surface area (Å²) in [6.07, 6.45) is 2.46. The fraction of sp³-hybridized carbons (Fsp3) is 0.167. The molecule has 0 amide bonds. The summed E-state index contributed by atoms with van der Waals surface area (Å²) in [5.74, 6) is 0. The second-order valence-corrected chi connectivity index (χ2v) is 8.61. The maximum Gasteiger partial charge on any atom is 3.00 e. The van der Waals surface area contributed by atoms with E-state index in [1.54, 1.807) is 12.3 Å². The number of benzene rings is 3. The van der Waals surface area contributed by atoms with E-state index in [1.165, 1.54) is 17.2 Å². The van der Waals surface area contributed by atoms with Crippen LogP contribution >= 0.6 is 0 Å². The van der Waals surface area contributed by atoms with Crippen LogP contribution < -0.4 is 0 Å². The van der Waals surface area contributed by atoms with Crippen LogP contribution in [0.5, 0.6) is 0 Å². The van der Waals surface area contributed by atoms with Gasteiger partial charge in [-0.3, -0.25) is 0 Å². The Morgan fingerprint density at radius 2 is 1.81 bits per heavy atom. The predicted octanol–water partition coefficient (Wildman–Crippen LogP) is 7.74. The Labute approximate surface area is 228 Å². The molecule has 3 aromatic carbocycles. The molecule has 1 atom stereocenters. The molecule has 37 heavy (non-hydrogen) atoms. The Balaban J connectivity index is 0.000000193. The van der Waals surface area contributed by atoms with Gasteiger partial charge >= 0.3 is 26.3 Å². The minimum absolute atomic E-state index is 0. The van der Waals surface area contributed by atoms with Gasteiger partial charge in [0, 0.05) is 12.7 Å². The Kier molecular flexibility index (Phi) is 8.16. The molecule has 1 unspecified atom stereocenters. The first-order chi connectivity index (χ1) is 17.4. The second-order valence-electron chi connectivity index (χ2n) is 8.61. The third-order valence-electron chi connectivity index (χ3n) is 6.25. The van der Waals surface area contributed by atoms with E-state index in [2.05, 4.69) is 45.7 Å². The van der Waals surface area contributed by atoms with Gasteiger partial charge in [0.05, 0.1) is 0 Å². The molecule has 0 bridgehead atoms. The van der Waals surface area contributed by atoms with Crippen molar-refractivity contribution < 1.29 is 33.3 Å². The van der Waals surface area contributed by atoms with Gasteiger partial charge in [-0.05, 0) is 53.3 Å². The van der Waals surface area contributed by atoms with E-state index in [0.717, 1.165) is 35.7 Å². The number of rotatable bonds is 2. The van der Waals surface area contributed by atoms with Gasteiger partial charge in [0.1, 0.15) is 0 Å². The molecule has 6 rings (SSSR count). The molecule has 0 fully saturated rings. The molecule has 1 aromatic heterocycles. The molecule has 0 aliphatic carbocycles. The number of fused-ring (bicyclic) bond motifs is 3. The van der Waals surface area contributed by atoms with Gasteiger partial charge < -0.3 is 15.2 Å². The van der Waals surface area contributed by atoms with Crippen molar-refractivity contribution in [3.05, 3.63) is 131 Å². The largest absolute Gasteiger partial charge is 3.00 e. The molecule has 3 heterocycles. The first-order valence-electron chi connectivity index (χ1n) is 11.6. The molecule has 0 spiro atoms. The molecule has 4 aromatic rings. The topological polar surface area (TPSA) is 30.2 Å². The quantitative estimate of drug-likeness (QED) is 0.204. The van der Waals surface area contributed by atoms with E-state index >= 15 is 0 Å². The predicted molar refractivity (Wildman–Crippen MR) is 135 cm³/mol. The van der Waals surface area contributed by atoms with E-state index in [-0.39, 0.29) is 26.3 Å². The van der Waals surface area contributed by atoms with Crippen molar-refractivity contribution in [1.82, 2.24) is 9.88 Å². The maximum absolute atomic E-state index is 12.9. The van der Waals surface area contributed by atoms with Crippen LogP contribution in [0.15, 0.2) is 91.4 Å². The van der Waals surface area contributed by atoms with Crippen molar-refractivity contribution >= 4 is 0 Å². The molecule has 2 aliphatic rings. The molecule has 7 heteroatoms. The molecule has 3 nitrogen and oxygen atoms in total. The van der Waals surface area contributed by atoms with Crippen molar-refractivity contribution in [1.29, 1.82) is 0 Å². The SMILES string of the molecule is Cc1ccnc(-c2[c-]c(C(F)(F)F)ccc2)c1-c1ccccc1.[Ir+3].[c-]1cccc2c1C1[N-]C=CN1CC2. The van der Waals surface area contributed by atoms with Crippen LogP contribution in [0.4, 0.5) is 13.2 Å². The number of hydrogen-bond acceptors (Lipinski definition) is 2. The number of aryl methyl sites for hydroxylation is 1. The van der Waals surface area contributed by atoms with Crippen molar-refractivity contribution in [3.8, 4) is 22.4 Å². The third kappa shape index (κ3) is 5.79. The van der Waals surface area contributed by atoms with Crippen LogP contribution in [0, 0.1) is 19.1 Å². The van der Waals surface area contributed by atoms with E-state index in [1.807, 2.05) is 55.6 Å². The van der Waals surface area contributed by atoms with Crippen LogP contribution in [0.3, 0.4) is 0 Å². The third-order valence-corrected chi connectivity index (χ3v) is 6.25. The Hall–Kier alpha value is -3.41. The van der Waals surface area contributed by atoms with Crippen LogP contribution in [0.1, 0.15) is 28.4 Å². The summed E-state index contributed by atoms with van der Waals surface area (Å²) in [6.45, 7) is 3.00. The van der Waals surface area contributed by atoms with E-state index in [0.29, 0.717) is 11.3 Å². The standard InChI is InChI=1S/C19H13F3N.C11H10N2.Ir/c1-13-10-11-23-18(17(13)14-6-3-2-4-7-14)15-8-5-9-16(12-15)19(20,21)22;1-2-4-10-9(3-1)5-7-13-8-6-12-11(10)13;/h2-11H,1H3;1-3,6,8,11H,5,7H2;/q-1;-2;+3. The maximum atomic E-state index is 12.9. The monoisotopic (exact) mass is 675 g/mol. The molecule has 0 radical (unpaired) electrons. The van der Waals surface area contributed by atoms with Crippen LogP contribution in [-0.2, 0) is 32.7 Å². The molecular weight excluding hydrogens is 652 g/mol. The Morgan fingerprint density at radius 1 is 1.00 bits per heavy atom. The summed E-state index contributed by atoms with van der Waals surface area (Å²) >= 11 is 0. The van der Waals surface area contributed by atoms with Gasteiger partial charge in [-0.2, -0.15) is 54.8 Å². The molecule has 0 saturated heterocycles. The molecule has 0 N–H and O–H groups in total. The van der Waals surface area contributed by atoms with E-state index in [4.69, 9.17) is 0 Å². The normalized spacial score (nSPS) is 15.5. The number of hydrogen-bond donors (Lipinski definition) is 0. The smallest absolute Gasteiger partial charge is 0.668 e. The zero-order chi connectivity index (χ0) is 25.1. The van der Waals surface area contributed by atoms with Gasteiger partial charge in [0.15, 0.2) is 0 Å². The molecule has 2 aliphatic heterocycles. The van der Waals surface area contributed by atoms with Crippen LogP contribution in [0.2, 0.25) is 0 Å². The van der Waals surface area contributed by atoms with Crippen molar-refractivity contribution in [3.63, 3.8) is 0 Å². The fourth-order valence-electron chi connectivity index (χ4n) is 4.51.